The van der Waals surface area contributed by atoms with Crippen molar-refractivity contribution in [3.8, 4) is 5.75 Å². The van der Waals surface area contributed by atoms with Crippen molar-refractivity contribution in [1.29, 1.82) is 0 Å². The van der Waals surface area contributed by atoms with Crippen molar-refractivity contribution in [3.63, 3.8) is 0 Å². The molecule has 0 aromatic heterocycles. The van der Waals surface area contributed by atoms with E-state index in [0.29, 0.717) is 30.4 Å². The number of benzene rings is 1. The molecule has 132 valence electrons. The highest BCUT2D eigenvalue weighted by molar-refractivity contribution is 5.43. The number of rotatable bonds is 4. The lowest BCUT2D eigenvalue weighted by molar-refractivity contribution is 0.0132. The molecule has 1 aliphatic rings. The van der Waals surface area contributed by atoms with Crippen molar-refractivity contribution >= 4 is 0 Å². The maximum atomic E-state index is 9.72. The second-order valence-corrected chi connectivity index (χ2v) is 7.81. The molecule has 3 atom stereocenters. The lowest BCUT2D eigenvalue weighted by Gasteiger charge is -2.27. The van der Waals surface area contributed by atoms with Crippen LogP contribution < -0.4 is 4.74 Å². The molecule has 0 amide bonds. The second kappa shape index (κ2) is 8.67. The number of hydrogen-bond acceptors (Lipinski definition) is 4. The van der Waals surface area contributed by atoms with Crippen LogP contribution in [0.3, 0.4) is 0 Å². The minimum atomic E-state index is -0.738. The number of ether oxygens (including phenoxy) is 1. The van der Waals surface area contributed by atoms with Crippen molar-refractivity contribution in [2.45, 2.75) is 72.2 Å². The van der Waals surface area contributed by atoms with Crippen molar-refractivity contribution in [3.05, 3.63) is 29.3 Å². The van der Waals surface area contributed by atoms with E-state index in [1.54, 1.807) is 0 Å². The zero-order valence-corrected chi connectivity index (χ0v) is 15.0. The predicted molar refractivity (Wildman–Crippen MR) is 92.8 cm³/mol. The highest BCUT2D eigenvalue weighted by Crippen LogP contribution is 2.30. The number of fused-ring (bicyclic) bond motifs is 1. The van der Waals surface area contributed by atoms with Crippen LogP contribution in [-0.2, 0) is 12.8 Å². The molecule has 0 unspecified atom stereocenters. The molecule has 4 heteroatoms. The van der Waals surface area contributed by atoms with Crippen LogP contribution in [-0.4, -0.2) is 40.2 Å². The Morgan fingerprint density at radius 1 is 1.13 bits per heavy atom. The third-order valence-corrected chi connectivity index (χ3v) is 3.42. The summed E-state index contributed by atoms with van der Waals surface area (Å²) in [5.74, 6) is 0.700. The molecular formula is C19H32O4. The summed E-state index contributed by atoms with van der Waals surface area (Å²) in [5.41, 5.74) is 2.45. The zero-order chi connectivity index (χ0) is 17.6. The topological polar surface area (TPSA) is 69.9 Å². The van der Waals surface area contributed by atoms with Crippen LogP contribution in [0.25, 0.3) is 0 Å². The third kappa shape index (κ3) is 7.34. The van der Waals surface area contributed by atoms with E-state index in [1.807, 2.05) is 25.1 Å². The van der Waals surface area contributed by atoms with Gasteiger partial charge in [0.05, 0.1) is 18.3 Å². The van der Waals surface area contributed by atoms with Crippen molar-refractivity contribution in [1.82, 2.24) is 0 Å². The lowest BCUT2D eigenvalue weighted by Crippen LogP contribution is -2.34. The molecule has 0 spiro atoms. The van der Waals surface area contributed by atoms with Crippen molar-refractivity contribution in [2.24, 2.45) is 5.41 Å². The van der Waals surface area contributed by atoms with Gasteiger partial charge in [0.25, 0.3) is 0 Å². The minimum absolute atomic E-state index is 0.256. The standard InChI is InChI=1S/C14H20O4.C5H12/c1-2-10(15)8-18-14-5-3-4-9-6-12(16)13(17)7-11(9)14;1-5(2,3)4/h3-5,10,12-13,15-17H,2,6-8H2,1H3;1-4H3/t10-,12-,13+;/m1./s1. The molecule has 1 aromatic rings. The summed E-state index contributed by atoms with van der Waals surface area (Å²) in [6, 6.07) is 5.65. The SMILES string of the molecule is CC(C)(C)C.CC[C@@H](O)COc1cccc2c1C[C@H](O)[C@H](O)C2. The Balaban J connectivity index is 0.000000463. The summed E-state index contributed by atoms with van der Waals surface area (Å²) in [5, 5.41) is 28.9. The maximum absolute atomic E-state index is 9.72. The fraction of sp³-hybridized carbons (Fsp3) is 0.684. The van der Waals surface area contributed by atoms with Gasteiger partial charge >= 0.3 is 0 Å². The van der Waals surface area contributed by atoms with Crippen LogP contribution in [0.15, 0.2) is 18.2 Å². The first-order valence-corrected chi connectivity index (χ1v) is 8.39. The molecule has 0 saturated heterocycles. The van der Waals surface area contributed by atoms with Gasteiger partial charge in [0.1, 0.15) is 12.4 Å². The largest absolute Gasteiger partial charge is 0.491 e. The monoisotopic (exact) mass is 324 g/mol. The average Bonchev–Trinajstić information content (AvgIpc) is 2.44. The highest BCUT2D eigenvalue weighted by atomic mass is 16.5. The predicted octanol–water partition coefficient (Wildman–Crippen LogP) is 2.71. The Labute approximate surface area is 140 Å². The molecule has 4 nitrogen and oxygen atoms in total. The van der Waals surface area contributed by atoms with E-state index < -0.39 is 18.3 Å². The normalized spacial score (nSPS) is 21.7. The summed E-state index contributed by atoms with van der Waals surface area (Å²) < 4.78 is 5.60. The molecular weight excluding hydrogens is 292 g/mol. The fourth-order valence-electron chi connectivity index (χ4n) is 2.18. The Bertz CT molecular complexity index is 473. The summed E-state index contributed by atoms with van der Waals surface area (Å²) >= 11 is 0. The van der Waals surface area contributed by atoms with E-state index in [2.05, 4.69) is 27.7 Å². The number of aliphatic hydroxyl groups is 3. The summed E-state index contributed by atoms with van der Waals surface area (Å²) in [6.07, 6.45) is -0.415. The second-order valence-electron chi connectivity index (χ2n) is 7.81. The van der Waals surface area contributed by atoms with Gasteiger partial charge in [-0.25, -0.2) is 0 Å². The molecule has 3 N–H and O–H groups in total. The van der Waals surface area contributed by atoms with E-state index in [9.17, 15) is 15.3 Å². The van der Waals surface area contributed by atoms with Gasteiger partial charge in [-0.3, -0.25) is 0 Å². The van der Waals surface area contributed by atoms with Gasteiger partial charge in [0, 0.05) is 18.4 Å². The van der Waals surface area contributed by atoms with E-state index in [-0.39, 0.29) is 6.61 Å². The molecule has 0 bridgehead atoms. The molecule has 0 heterocycles. The lowest BCUT2D eigenvalue weighted by atomic mass is 9.87. The smallest absolute Gasteiger partial charge is 0.122 e. The van der Waals surface area contributed by atoms with Crippen LogP contribution in [0.2, 0.25) is 0 Å². The number of hydrogen-bond donors (Lipinski definition) is 3. The van der Waals surface area contributed by atoms with E-state index in [0.717, 1.165) is 11.1 Å². The number of aliphatic hydroxyl groups excluding tert-OH is 3. The van der Waals surface area contributed by atoms with Gasteiger partial charge in [0.15, 0.2) is 0 Å². The van der Waals surface area contributed by atoms with Gasteiger partial charge in [-0.15, -0.1) is 0 Å². The zero-order valence-electron chi connectivity index (χ0n) is 15.0. The first-order chi connectivity index (χ1) is 10.6. The summed E-state index contributed by atoms with van der Waals surface area (Å²) in [7, 11) is 0. The molecule has 0 fully saturated rings. The van der Waals surface area contributed by atoms with Crippen molar-refractivity contribution < 1.29 is 20.1 Å². The fourth-order valence-corrected chi connectivity index (χ4v) is 2.18. The quantitative estimate of drug-likeness (QED) is 0.796. The van der Waals surface area contributed by atoms with E-state index in [1.165, 1.54) is 0 Å². The Kier molecular flexibility index (Phi) is 7.52. The van der Waals surface area contributed by atoms with Crippen LogP contribution in [0.5, 0.6) is 5.75 Å². The summed E-state index contributed by atoms with van der Waals surface area (Å²) in [4.78, 5) is 0. The molecule has 0 radical (unpaired) electrons. The molecule has 0 aliphatic heterocycles. The van der Waals surface area contributed by atoms with Gasteiger partial charge in [-0.1, -0.05) is 46.8 Å². The first kappa shape index (κ1) is 19.9. The Morgan fingerprint density at radius 2 is 1.70 bits per heavy atom. The molecule has 2 rings (SSSR count). The Hall–Kier alpha value is -1.10. The van der Waals surface area contributed by atoms with E-state index >= 15 is 0 Å². The van der Waals surface area contributed by atoms with Crippen LogP contribution >= 0.6 is 0 Å². The Morgan fingerprint density at radius 3 is 2.26 bits per heavy atom. The molecule has 0 saturated carbocycles. The third-order valence-electron chi connectivity index (χ3n) is 3.42. The maximum Gasteiger partial charge on any atom is 0.122 e. The molecule has 1 aliphatic carbocycles. The first-order valence-electron chi connectivity index (χ1n) is 8.39. The van der Waals surface area contributed by atoms with E-state index in [4.69, 9.17) is 4.74 Å². The van der Waals surface area contributed by atoms with Gasteiger partial charge in [-0.2, -0.15) is 0 Å². The molecule has 1 aromatic carbocycles. The van der Waals surface area contributed by atoms with Gasteiger partial charge in [-0.05, 0) is 23.5 Å². The van der Waals surface area contributed by atoms with Crippen LogP contribution in [0.1, 0.15) is 52.2 Å². The van der Waals surface area contributed by atoms with Crippen molar-refractivity contribution in [2.75, 3.05) is 6.61 Å². The van der Waals surface area contributed by atoms with Gasteiger partial charge < -0.3 is 20.1 Å². The minimum Gasteiger partial charge on any atom is -0.491 e. The highest BCUT2D eigenvalue weighted by Gasteiger charge is 2.27. The average molecular weight is 324 g/mol. The summed E-state index contributed by atoms with van der Waals surface area (Å²) in [6.45, 7) is 10.9. The van der Waals surface area contributed by atoms with Crippen LogP contribution in [0.4, 0.5) is 0 Å². The molecule has 23 heavy (non-hydrogen) atoms. The van der Waals surface area contributed by atoms with Crippen LogP contribution in [0, 0.1) is 5.41 Å². The van der Waals surface area contributed by atoms with Gasteiger partial charge in [0.2, 0.25) is 0 Å².